The minimum atomic E-state index is -1.38. The fourth-order valence-corrected chi connectivity index (χ4v) is 4.13. The van der Waals surface area contributed by atoms with Crippen molar-refractivity contribution >= 4 is 29.3 Å². The highest BCUT2D eigenvalue weighted by atomic mass is 19.1. The molecule has 0 spiro atoms. The number of imide groups is 1. The summed E-state index contributed by atoms with van der Waals surface area (Å²) in [4.78, 5) is 51.9. The molecule has 0 bridgehead atoms. The highest BCUT2D eigenvalue weighted by molar-refractivity contribution is 6.11. The first-order valence-corrected chi connectivity index (χ1v) is 10.9. The van der Waals surface area contributed by atoms with Gasteiger partial charge in [0, 0.05) is 11.6 Å². The van der Waals surface area contributed by atoms with Crippen molar-refractivity contribution in [3.8, 4) is 11.5 Å². The van der Waals surface area contributed by atoms with Crippen molar-refractivity contribution in [2.45, 2.75) is 38.6 Å². The summed E-state index contributed by atoms with van der Waals surface area (Å²) in [6.45, 7) is 2.72. The number of hydrogen-bond donors (Lipinski definition) is 2. The van der Waals surface area contributed by atoms with E-state index in [1.54, 1.807) is 0 Å². The molecule has 2 N–H and O–H groups in total. The number of unbranched alkanes of at least 4 members (excludes halogenated alkanes) is 1. The summed E-state index contributed by atoms with van der Waals surface area (Å²) in [5.41, 5.74) is -0.550. The van der Waals surface area contributed by atoms with E-state index in [0.29, 0.717) is 29.9 Å². The third-order valence-electron chi connectivity index (χ3n) is 5.89. The summed E-state index contributed by atoms with van der Waals surface area (Å²) in [5.74, 6) is -1.28. The topological polar surface area (TPSA) is 114 Å². The fourth-order valence-electron chi connectivity index (χ4n) is 4.13. The molecule has 1 saturated heterocycles. The zero-order valence-electron chi connectivity index (χ0n) is 18.8. The third-order valence-corrected chi connectivity index (χ3v) is 5.89. The number of amides is 4. The van der Waals surface area contributed by atoms with Gasteiger partial charge in [0.25, 0.3) is 5.91 Å². The predicted octanol–water partition coefficient (Wildman–Crippen LogP) is 3.33. The number of carbonyl (C=O) groups excluding carboxylic acids is 4. The quantitative estimate of drug-likeness (QED) is 0.453. The maximum absolute atomic E-state index is 13.5. The van der Waals surface area contributed by atoms with Crippen LogP contribution < -0.4 is 20.1 Å². The Labute approximate surface area is 195 Å². The second-order valence-electron chi connectivity index (χ2n) is 8.19. The van der Waals surface area contributed by atoms with Gasteiger partial charge in [-0.3, -0.25) is 19.3 Å². The molecule has 178 valence electrons. The molecular formula is C24H24FN3O6. The molecule has 1 fully saturated rings. The van der Waals surface area contributed by atoms with E-state index >= 15 is 0 Å². The van der Waals surface area contributed by atoms with E-state index in [-0.39, 0.29) is 23.8 Å². The number of Topliss-reactive ketones (excluding diaryl/α,β-unsaturated/α-hetero) is 1. The predicted molar refractivity (Wildman–Crippen MR) is 119 cm³/mol. The molecule has 1 atom stereocenters. The molecule has 2 aliphatic rings. The van der Waals surface area contributed by atoms with Gasteiger partial charge in [-0.15, -0.1) is 0 Å². The summed E-state index contributed by atoms with van der Waals surface area (Å²) in [7, 11) is 0. The maximum Gasteiger partial charge on any atom is 0.325 e. The second kappa shape index (κ2) is 9.12. The number of ether oxygens (including phenoxy) is 2. The highest BCUT2D eigenvalue weighted by Crippen LogP contribution is 2.38. The lowest BCUT2D eigenvalue weighted by molar-refractivity contribution is -0.134. The number of nitrogens with zero attached hydrogens (tertiary/aromatic N) is 1. The molecule has 0 aromatic heterocycles. The number of ketones is 1. The molecule has 4 rings (SSSR count). The summed E-state index contributed by atoms with van der Waals surface area (Å²) in [5, 5.41) is 5.30. The average molecular weight is 469 g/mol. The summed E-state index contributed by atoms with van der Waals surface area (Å²) < 4.78 is 24.1. The Bertz CT molecular complexity index is 1170. The molecule has 9 nitrogen and oxygen atoms in total. The number of halogens is 1. The number of anilines is 1. The largest absolute Gasteiger partial charge is 0.454 e. The molecule has 2 heterocycles. The van der Waals surface area contributed by atoms with E-state index < -0.39 is 35.7 Å². The van der Waals surface area contributed by atoms with Crippen molar-refractivity contribution < 1.29 is 33.0 Å². The first-order chi connectivity index (χ1) is 16.2. The van der Waals surface area contributed by atoms with Crippen LogP contribution in [0.1, 0.15) is 49.0 Å². The van der Waals surface area contributed by atoms with Gasteiger partial charge in [0.05, 0.1) is 5.69 Å². The first-order valence-electron chi connectivity index (χ1n) is 10.9. The molecule has 34 heavy (non-hydrogen) atoms. The maximum atomic E-state index is 13.5. The van der Waals surface area contributed by atoms with Gasteiger partial charge >= 0.3 is 6.03 Å². The number of benzene rings is 2. The Morgan fingerprint density at radius 3 is 2.47 bits per heavy atom. The molecule has 0 radical (unpaired) electrons. The molecule has 1 unspecified atom stereocenters. The number of carbonyl (C=O) groups is 4. The lowest BCUT2D eigenvalue weighted by atomic mass is 9.85. The van der Waals surface area contributed by atoms with Crippen LogP contribution in [-0.2, 0) is 15.1 Å². The summed E-state index contributed by atoms with van der Waals surface area (Å²) >= 11 is 0. The van der Waals surface area contributed by atoms with Gasteiger partial charge in [0.15, 0.2) is 17.3 Å². The fraction of sp³-hybridized carbons (Fsp3) is 0.333. The first kappa shape index (κ1) is 23.2. The zero-order valence-corrected chi connectivity index (χ0v) is 18.8. The second-order valence-corrected chi connectivity index (χ2v) is 8.19. The van der Waals surface area contributed by atoms with E-state index in [4.69, 9.17) is 9.47 Å². The smallest absolute Gasteiger partial charge is 0.325 e. The lowest BCUT2D eigenvalue weighted by Gasteiger charge is -2.27. The van der Waals surface area contributed by atoms with Gasteiger partial charge in [0.2, 0.25) is 12.7 Å². The highest BCUT2D eigenvalue weighted by Gasteiger charge is 2.52. The number of hydrogen-bond acceptors (Lipinski definition) is 6. The van der Waals surface area contributed by atoms with Crippen molar-refractivity contribution in [3.05, 3.63) is 53.3 Å². The molecule has 0 aliphatic carbocycles. The molecule has 0 saturated carbocycles. The van der Waals surface area contributed by atoms with Gasteiger partial charge in [-0.25, -0.2) is 9.18 Å². The van der Waals surface area contributed by atoms with Gasteiger partial charge < -0.3 is 20.1 Å². The van der Waals surface area contributed by atoms with E-state index in [9.17, 15) is 23.6 Å². The zero-order chi connectivity index (χ0) is 24.5. The normalized spacial score (nSPS) is 18.7. The van der Waals surface area contributed by atoms with Crippen LogP contribution in [0.3, 0.4) is 0 Å². The van der Waals surface area contributed by atoms with Gasteiger partial charge in [-0.2, -0.15) is 0 Å². The van der Waals surface area contributed by atoms with Crippen LogP contribution in [0.5, 0.6) is 11.5 Å². The average Bonchev–Trinajstić information content (AvgIpc) is 3.35. The number of urea groups is 1. The standard InChI is InChI=1S/C24H24FN3O6/c1-3-4-9-24(15-5-7-16(25)8-6-15)22(31)28(23(32)27-24)12-21(30)26-18-11-20-19(33-13-34-20)10-17(18)14(2)29/h5-8,10-11H,3-4,9,12-13H2,1-2H3,(H,26,30)(H,27,32). The Hall–Kier alpha value is -3.95. The molecule has 2 aromatic rings. The van der Waals surface area contributed by atoms with Crippen molar-refractivity contribution in [2.24, 2.45) is 0 Å². The van der Waals surface area contributed by atoms with Crippen molar-refractivity contribution in [1.29, 1.82) is 0 Å². The van der Waals surface area contributed by atoms with Crippen LogP contribution in [0.25, 0.3) is 0 Å². The van der Waals surface area contributed by atoms with Crippen LogP contribution >= 0.6 is 0 Å². The van der Waals surface area contributed by atoms with Crippen LogP contribution in [0, 0.1) is 5.82 Å². The number of fused-ring (bicyclic) bond motifs is 1. The van der Waals surface area contributed by atoms with E-state index in [0.717, 1.165) is 11.3 Å². The van der Waals surface area contributed by atoms with Gasteiger partial charge in [-0.1, -0.05) is 31.9 Å². The molecule has 4 amide bonds. The van der Waals surface area contributed by atoms with E-state index in [1.165, 1.54) is 43.3 Å². The minimum absolute atomic E-state index is 0.00421. The van der Waals surface area contributed by atoms with Crippen molar-refractivity contribution in [2.75, 3.05) is 18.7 Å². The SMILES string of the molecule is CCCCC1(c2ccc(F)cc2)NC(=O)N(CC(=O)Nc2cc3c(cc2C(C)=O)OCO3)C1=O. The molecule has 10 heteroatoms. The van der Waals surface area contributed by atoms with E-state index in [1.807, 2.05) is 6.92 Å². The number of rotatable bonds is 8. The summed E-state index contributed by atoms with van der Waals surface area (Å²) in [6.07, 6.45) is 1.70. The van der Waals surface area contributed by atoms with Crippen LogP contribution in [0.2, 0.25) is 0 Å². The van der Waals surface area contributed by atoms with Gasteiger partial charge in [0.1, 0.15) is 17.9 Å². The molecule has 2 aromatic carbocycles. The van der Waals surface area contributed by atoms with Crippen LogP contribution in [0.4, 0.5) is 14.9 Å². The van der Waals surface area contributed by atoms with Crippen LogP contribution in [0.15, 0.2) is 36.4 Å². The Morgan fingerprint density at radius 2 is 1.82 bits per heavy atom. The summed E-state index contributed by atoms with van der Waals surface area (Å²) in [6, 6.07) is 7.57. The Kier molecular flexibility index (Phi) is 6.23. The Morgan fingerprint density at radius 1 is 1.15 bits per heavy atom. The number of nitrogens with one attached hydrogen (secondary N) is 2. The van der Waals surface area contributed by atoms with Crippen molar-refractivity contribution in [3.63, 3.8) is 0 Å². The van der Waals surface area contributed by atoms with E-state index in [2.05, 4.69) is 10.6 Å². The Balaban J connectivity index is 1.57. The lowest BCUT2D eigenvalue weighted by Crippen LogP contribution is -2.44. The van der Waals surface area contributed by atoms with Crippen LogP contribution in [-0.4, -0.2) is 41.9 Å². The monoisotopic (exact) mass is 469 g/mol. The third kappa shape index (κ3) is 4.18. The van der Waals surface area contributed by atoms with Crippen molar-refractivity contribution in [1.82, 2.24) is 10.2 Å². The van der Waals surface area contributed by atoms with Gasteiger partial charge in [-0.05, 0) is 37.1 Å². The molecular weight excluding hydrogens is 445 g/mol. The minimum Gasteiger partial charge on any atom is -0.454 e. The molecule has 2 aliphatic heterocycles.